The molecule has 8 nitrogen and oxygen atoms in total. The summed E-state index contributed by atoms with van der Waals surface area (Å²) in [5, 5.41) is 15.1. The first-order valence-corrected chi connectivity index (χ1v) is 5.41. The second-order valence-electron chi connectivity index (χ2n) is 3.84. The molecule has 0 fully saturated rings. The molecule has 0 aliphatic carbocycles. The van der Waals surface area contributed by atoms with Crippen LogP contribution in [0.25, 0.3) is 0 Å². The summed E-state index contributed by atoms with van der Waals surface area (Å²) in [6.07, 6.45) is -3.38. The first-order valence-electron chi connectivity index (χ1n) is 5.41. The third-order valence-corrected chi connectivity index (χ3v) is 2.30. The zero-order valence-electron chi connectivity index (χ0n) is 10.5. The number of ether oxygens (including phenoxy) is 1. The first-order chi connectivity index (χ1) is 9.81. The fourth-order valence-corrected chi connectivity index (χ4v) is 1.38. The zero-order valence-corrected chi connectivity index (χ0v) is 10.5. The van der Waals surface area contributed by atoms with Crippen molar-refractivity contribution in [2.45, 2.75) is 6.18 Å². The molecule has 0 saturated carbocycles. The van der Waals surface area contributed by atoms with Crippen molar-refractivity contribution >= 4 is 5.84 Å². The first kappa shape index (κ1) is 14.6. The van der Waals surface area contributed by atoms with Crippen LogP contribution < -0.4 is 10.5 Å². The summed E-state index contributed by atoms with van der Waals surface area (Å²) in [7, 11) is 1.55. The van der Waals surface area contributed by atoms with E-state index in [-0.39, 0.29) is 11.6 Å². The second-order valence-corrected chi connectivity index (χ2v) is 3.84. The maximum absolute atomic E-state index is 12.7. The minimum Gasteiger partial charge on any atom is -0.409 e. The number of oxime groups is 1. The highest BCUT2D eigenvalue weighted by Gasteiger charge is 2.33. The van der Waals surface area contributed by atoms with Crippen LogP contribution in [0.4, 0.5) is 13.2 Å². The summed E-state index contributed by atoms with van der Waals surface area (Å²) in [5.74, 6) is -0.978. The van der Waals surface area contributed by atoms with Crippen LogP contribution in [-0.2, 0) is 13.2 Å². The number of nitrogens with two attached hydrogens (primary N) is 1. The van der Waals surface area contributed by atoms with Gasteiger partial charge in [0, 0.05) is 7.05 Å². The van der Waals surface area contributed by atoms with E-state index in [9.17, 15) is 13.2 Å². The highest BCUT2D eigenvalue weighted by Crippen LogP contribution is 2.31. The molecule has 0 aliphatic rings. The standard InChI is InChI=1S/C10H9F3N6O2/c1-19-4-15-9(17-19)21-8-5(7(14)18-20)2-3-6(16-8)10(11,12)13/h2-4,20H,1H3,(H2,14,18). The predicted octanol–water partition coefficient (Wildman–Crippen LogP) is 1.12. The van der Waals surface area contributed by atoms with Gasteiger partial charge in [-0.2, -0.15) is 18.2 Å². The van der Waals surface area contributed by atoms with Gasteiger partial charge < -0.3 is 15.7 Å². The molecule has 0 saturated heterocycles. The topological polar surface area (TPSA) is 111 Å². The average molecular weight is 302 g/mol. The van der Waals surface area contributed by atoms with E-state index in [0.717, 1.165) is 6.07 Å². The summed E-state index contributed by atoms with van der Waals surface area (Å²) in [6.45, 7) is 0. The van der Waals surface area contributed by atoms with Gasteiger partial charge in [0.2, 0.25) is 5.88 Å². The Hall–Kier alpha value is -2.85. The van der Waals surface area contributed by atoms with Gasteiger partial charge in [-0.1, -0.05) is 5.16 Å². The Morgan fingerprint density at radius 1 is 1.43 bits per heavy atom. The number of aryl methyl sites for hydroxylation is 1. The van der Waals surface area contributed by atoms with Crippen molar-refractivity contribution in [2.75, 3.05) is 0 Å². The van der Waals surface area contributed by atoms with Crippen molar-refractivity contribution in [2.24, 2.45) is 17.9 Å². The summed E-state index contributed by atoms with van der Waals surface area (Å²) in [4.78, 5) is 7.00. The summed E-state index contributed by atoms with van der Waals surface area (Å²) >= 11 is 0. The Morgan fingerprint density at radius 3 is 2.67 bits per heavy atom. The Kier molecular flexibility index (Phi) is 3.65. The van der Waals surface area contributed by atoms with Gasteiger partial charge in [-0.05, 0) is 12.1 Å². The van der Waals surface area contributed by atoms with E-state index in [0.29, 0.717) is 6.07 Å². The molecular formula is C10H9F3N6O2. The number of alkyl halides is 3. The van der Waals surface area contributed by atoms with Gasteiger partial charge in [-0.15, -0.1) is 5.10 Å². The van der Waals surface area contributed by atoms with Crippen LogP contribution >= 0.6 is 0 Å². The van der Waals surface area contributed by atoms with Crippen molar-refractivity contribution in [1.29, 1.82) is 0 Å². The van der Waals surface area contributed by atoms with Crippen molar-refractivity contribution in [1.82, 2.24) is 19.7 Å². The van der Waals surface area contributed by atoms with E-state index >= 15 is 0 Å². The molecule has 2 rings (SSSR count). The molecule has 2 heterocycles. The molecule has 0 aliphatic heterocycles. The summed E-state index contributed by atoms with van der Waals surface area (Å²) < 4.78 is 44.3. The fraction of sp³-hybridized carbons (Fsp3) is 0.200. The van der Waals surface area contributed by atoms with Gasteiger partial charge in [0.1, 0.15) is 12.0 Å². The third-order valence-electron chi connectivity index (χ3n) is 2.30. The SMILES string of the molecule is Cn1cnc(Oc2nc(C(F)(F)F)ccc2/C(N)=N/O)n1. The molecule has 0 bridgehead atoms. The molecule has 11 heteroatoms. The van der Waals surface area contributed by atoms with Gasteiger partial charge in [-0.25, -0.2) is 4.98 Å². The minimum absolute atomic E-state index is 0.127. The van der Waals surface area contributed by atoms with Crippen LogP contribution in [-0.4, -0.2) is 30.8 Å². The van der Waals surface area contributed by atoms with Crippen LogP contribution in [0.3, 0.4) is 0 Å². The van der Waals surface area contributed by atoms with Gasteiger partial charge in [0.25, 0.3) is 0 Å². The molecule has 21 heavy (non-hydrogen) atoms. The fourth-order valence-electron chi connectivity index (χ4n) is 1.38. The number of amidine groups is 1. The van der Waals surface area contributed by atoms with Crippen LogP contribution in [0.15, 0.2) is 23.6 Å². The van der Waals surface area contributed by atoms with E-state index < -0.39 is 23.6 Å². The molecule has 3 N–H and O–H groups in total. The van der Waals surface area contributed by atoms with Crippen molar-refractivity contribution in [3.63, 3.8) is 0 Å². The molecule has 0 amide bonds. The summed E-state index contributed by atoms with van der Waals surface area (Å²) in [5.41, 5.74) is 4.05. The summed E-state index contributed by atoms with van der Waals surface area (Å²) in [6, 6.07) is 1.44. The maximum Gasteiger partial charge on any atom is 0.433 e. The molecule has 0 atom stereocenters. The van der Waals surface area contributed by atoms with E-state index in [1.54, 1.807) is 7.05 Å². The van der Waals surface area contributed by atoms with Crippen LogP contribution in [0.2, 0.25) is 0 Å². The van der Waals surface area contributed by atoms with Crippen molar-refractivity contribution < 1.29 is 23.1 Å². The molecule has 0 spiro atoms. The number of nitrogens with zero attached hydrogens (tertiary/aromatic N) is 5. The molecule has 112 valence electrons. The zero-order chi connectivity index (χ0) is 15.6. The Balaban J connectivity index is 2.48. The largest absolute Gasteiger partial charge is 0.433 e. The Bertz CT molecular complexity index is 682. The quantitative estimate of drug-likeness (QED) is 0.380. The molecule has 0 unspecified atom stereocenters. The predicted molar refractivity (Wildman–Crippen MR) is 62.8 cm³/mol. The lowest BCUT2D eigenvalue weighted by atomic mass is 10.2. The van der Waals surface area contributed by atoms with Gasteiger partial charge in [-0.3, -0.25) is 4.68 Å². The van der Waals surface area contributed by atoms with E-state index in [1.807, 2.05) is 0 Å². The number of pyridine rings is 1. The van der Waals surface area contributed by atoms with Crippen LogP contribution in [0, 0.1) is 0 Å². The molecular weight excluding hydrogens is 293 g/mol. The lowest BCUT2D eigenvalue weighted by molar-refractivity contribution is -0.141. The normalized spacial score (nSPS) is 12.5. The highest BCUT2D eigenvalue weighted by atomic mass is 19.4. The van der Waals surface area contributed by atoms with Crippen molar-refractivity contribution in [3.05, 3.63) is 29.7 Å². The van der Waals surface area contributed by atoms with Crippen LogP contribution in [0.5, 0.6) is 11.9 Å². The van der Waals surface area contributed by atoms with E-state index in [2.05, 4.69) is 20.2 Å². The maximum atomic E-state index is 12.7. The van der Waals surface area contributed by atoms with E-state index in [1.165, 1.54) is 11.0 Å². The lowest BCUT2D eigenvalue weighted by Gasteiger charge is -2.10. The highest BCUT2D eigenvalue weighted by molar-refractivity contribution is 5.99. The number of aromatic nitrogens is 4. The molecule has 2 aromatic rings. The monoisotopic (exact) mass is 302 g/mol. The van der Waals surface area contributed by atoms with E-state index in [4.69, 9.17) is 15.7 Å². The average Bonchev–Trinajstić information content (AvgIpc) is 2.82. The molecule has 0 radical (unpaired) electrons. The number of halogens is 3. The Morgan fingerprint density at radius 2 is 2.14 bits per heavy atom. The molecule has 2 aromatic heterocycles. The van der Waals surface area contributed by atoms with Crippen molar-refractivity contribution in [3.8, 4) is 11.9 Å². The van der Waals surface area contributed by atoms with Gasteiger partial charge in [0.05, 0.1) is 5.56 Å². The minimum atomic E-state index is -4.67. The second kappa shape index (κ2) is 5.26. The number of hydrogen-bond acceptors (Lipinski definition) is 6. The van der Waals surface area contributed by atoms with Crippen LogP contribution in [0.1, 0.15) is 11.3 Å². The smallest absolute Gasteiger partial charge is 0.409 e. The number of rotatable bonds is 3. The number of hydrogen-bond donors (Lipinski definition) is 2. The Labute approximate surface area is 115 Å². The third kappa shape index (κ3) is 3.19. The molecule has 0 aromatic carbocycles. The van der Waals surface area contributed by atoms with Gasteiger partial charge >= 0.3 is 12.2 Å². The van der Waals surface area contributed by atoms with Gasteiger partial charge in [0.15, 0.2) is 5.84 Å². The lowest BCUT2D eigenvalue weighted by Crippen LogP contribution is -2.17.